The average Bonchev–Trinajstić information content (AvgIpc) is 2.81. The van der Waals surface area contributed by atoms with Crippen LogP contribution in [-0.4, -0.2) is 19.2 Å². The molecule has 0 aliphatic heterocycles. The van der Waals surface area contributed by atoms with Gasteiger partial charge in [0.25, 0.3) is 0 Å². The smallest absolute Gasteiger partial charge is 0.152 e. The lowest BCUT2D eigenvalue weighted by Crippen LogP contribution is -1.96. The van der Waals surface area contributed by atoms with Crippen molar-refractivity contribution in [2.45, 2.75) is 93.9 Å². The molecule has 0 aliphatic rings. The SMILES string of the molecule is C.C.CC.CC.CC.CC.CC.C[SH+]c1ccccc1.O=S(=O)([O-])c1ccccc1. The molecule has 0 N–H and O–H groups in total. The van der Waals surface area contributed by atoms with E-state index in [1.165, 1.54) is 40.9 Å². The molecule has 0 aromatic heterocycles. The first-order valence-electron chi connectivity index (χ1n) is 10.2. The number of hydrogen-bond acceptors (Lipinski definition) is 3. The number of hydrogen-bond donors (Lipinski definition) is 0. The first kappa shape index (κ1) is 46.8. The number of benzene rings is 2. The predicted molar refractivity (Wildman–Crippen MR) is 144 cm³/mol. The summed E-state index contributed by atoms with van der Waals surface area (Å²) in [5.74, 6) is 0. The summed E-state index contributed by atoms with van der Waals surface area (Å²) in [7, 11) is -4.25. The van der Waals surface area contributed by atoms with Gasteiger partial charge >= 0.3 is 0 Å². The van der Waals surface area contributed by atoms with Crippen LogP contribution in [0.15, 0.2) is 70.5 Å². The van der Waals surface area contributed by atoms with E-state index < -0.39 is 10.1 Å². The third kappa shape index (κ3) is 34.2. The summed E-state index contributed by atoms with van der Waals surface area (Å²) in [5, 5.41) is 0. The van der Waals surface area contributed by atoms with E-state index in [0.717, 1.165) is 0 Å². The molecule has 2 rings (SSSR count). The van der Waals surface area contributed by atoms with E-state index in [0.29, 0.717) is 0 Å². The lowest BCUT2D eigenvalue weighted by Gasteiger charge is -2.04. The van der Waals surface area contributed by atoms with Crippen molar-refractivity contribution in [2.24, 2.45) is 0 Å². The molecular formula is C25H52O3S2. The maximum absolute atomic E-state index is 10.3. The fourth-order valence-electron chi connectivity index (χ4n) is 1.16. The standard InChI is InChI=1S/C7H8S.C6H6O3S.5C2H6.2CH4/c1-8-7-5-3-2-4-6-7;7-10(8,9)6-4-2-1-3-5-6;5*1-2;;/h2-6H,1H3;1-5H,(H,7,8,9);5*1-2H3;2*1H4. The van der Waals surface area contributed by atoms with Gasteiger partial charge in [0.05, 0.1) is 4.90 Å². The van der Waals surface area contributed by atoms with E-state index in [1.54, 1.807) is 6.07 Å². The van der Waals surface area contributed by atoms with E-state index >= 15 is 0 Å². The van der Waals surface area contributed by atoms with E-state index in [4.69, 9.17) is 0 Å². The Morgan fingerprint density at radius 3 is 1.03 bits per heavy atom. The van der Waals surface area contributed by atoms with Gasteiger partial charge in [-0.1, -0.05) is 120 Å². The molecule has 0 unspecified atom stereocenters. The summed E-state index contributed by atoms with van der Waals surface area (Å²) in [6.07, 6.45) is 2.13. The second kappa shape index (κ2) is 41.9. The van der Waals surface area contributed by atoms with Crippen LogP contribution in [0.5, 0.6) is 0 Å². The molecule has 0 bridgehead atoms. The molecule has 0 saturated heterocycles. The van der Waals surface area contributed by atoms with Crippen LogP contribution >= 0.6 is 0 Å². The highest BCUT2D eigenvalue weighted by Crippen LogP contribution is 2.05. The number of thiol groups is 1. The maximum Gasteiger partial charge on any atom is 0.152 e. The Balaban J connectivity index is -0.0000000479. The largest absolute Gasteiger partial charge is 0.744 e. The number of rotatable bonds is 2. The van der Waals surface area contributed by atoms with Crippen molar-refractivity contribution < 1.29 is 13.0 Å². The zero-order valence-electron chi connectivity index (χ0n) is 19.9. The van der Waals surface area contributed by atoms with Gasteiger partial charge in [-0.25, -0.2) is 8.42 Å². The molecule has 5 heteroatoms. The van der Waals surface area contributed by atoms with Crippen molar-refractivity contribution >= 4 is 21.9 Å². The van der Waals surface area contributed by atoms with Crippen LogP contribution < -0.4 is 0 Å². The molecule has 0 atom stereocenters. The minimum Gasteiger partial charge on any atom is -0.744 e. The molecule has 0 amide bonds. The van der Waals surface area contributed by atoms with Crippen LogP contribution in [0.4, 0.5) is 0 Å². The predicted octanol–water partition coefficient (Wildman–Crippen LogP) is 8.48. The summed E-state index contributed by atoms with van der Waals surface area (Å²) in [5.41, 5.74) is 0. The van der Waals surface area contributed by atoms with E-state index in [2.05, 4.69) is 30.5 Å². The van der Waals surface area contributed by atoms with Crippen LogP contribution in [0.1, 0.15) is 84.1 Å². The van der Waals surface area contributed by atoms with Crippen LogP contribution in [0.2, 0.25) is 0 Å². The van der Waals surface area contributed by atoms with E-state index in [9.17, 15) is 13.0 Å². The van der Waals surface area contributed by atoms with Gasteiger partial charge in [-0.05, 0) is 24.3 Å². The van der Waals surface area contributed by atoms with Crippen molar-refractivity contribution in [3.63, 3.8) is 0 Å². The van der Waals surface area contributed by atoms with E-state index in [1.807, 2.05) is 75.3 Å². The quantitative estimate of drug-likeness (QED) is 0.254. The Kier molecular flexibility index (Phi) is 65.4. The second-order valence-corrected chi connectivity index (χ2v) is 5.67. The lowest BCUT2D eigenvalue weighted by atomic mass is 10.4. The Labute approximate surface area is 195 Å². The van der Waals surface area contributed by atoms with Gasteiger partial charge < -0.3 is 4.55 Å². The average molecular weight is 465 g/mol. The molecule has 30 heavy (non-hydrogen) atoms. The topological polar surface area (TPSA) is 57.2 Å². The maximum atomic E-state index is 10.3. The molecule has 0 radical (unpaired) electrons. The normalized spacial score (nSPS) is 7.20. The molecule has 0 aliphatic carbocycles. The third-order valence-corrected chi connectivity index (χ3v) is 3.71. The summed E-state index contributed by atoms with van der Waals surface area (Å²) in [4.78, 5) is 1.20. The van der Waals surface area contributed by atoms with Crippen molar-refractivity contribution in [3.8, 4) is 0 Å². The zero-order valence-corrected chi connectivity index (χ0v) is 21.6. The Morgan fingerprint density at radius 2 is 0.867 bits per heavy atom. The Bertz CT molecular complexity index is 555. The first-order chi connectivity index (χ1) is 13.5. The fourth-order valence-corrected chi connectivity index (χ4v) is 2.12. The molecule has 0 fully saturated rings. The van der Waals surface area contributed by atoms with Gasteiger partial charge in [0.1, 0.15) is 16.4 Å². The van der Waals surface area contributed by atoms with Gasteiger partial charge in [0.2, 0.25) is 0 Å². The van der Waals surface area contributed by atoms with Gasteiger partial charge in [0.15, 0.2) is 4.90 Å². The summed E-state index contributed by atoms with van der Waals surface area (Å²) in [6, 6.07) is 17.6. The zero-order chi connectivity index (χ0) is 23.4. The molecule has 0 saturated carbocycles. The summed E-state index contributed by atoms with van der Waals surface area (Å²) < 4.78 is 30.8. The molecule has 0 spiro atoms. The monoisotopic (exact) mass is 464 g/mol. The van der Waals surface area contributed by atoms with E-state index in [-0.39, 0.29) is 19.7 Å². The minimum absolute atomic E-state index is 0. The van der Waals surface area contributed by atoms with Crippen LogP contribution in [-0.2, 0) is 21.9 Å². The van der Waals surface area contributed by atoms with Gasteiger partial charge in [-0.15, -0.1) is 0 Å². The van der Waals surface area contributed by atoms with Crippen LogP contribution in [0, 0.1) is 0 Å². The van der Waals surface area contributed by atoms with Gasteiger partial charge in [-0.3, -0.25) is 0 Å². The molecule has 182 valence electrons. The Morgan fingerprint density at radius 1 is 0.600 bits per heavy atom. The second-order valence-electron chi connectivity index (χ2n) is 3.33. The van der Waals surface area contributed by atoms with Crippen molar-refractivity contribution in [3.05, 3.63) is 60.7 Å². The lowest BCUT2D eigenvalue weighted by molar-refractivity contribution is 0.463. The van der Waals surface area contributed by atoms with Crippen LogP contribution in [0.25, 0.3) is 0 Å². The highest BCUT2D eigenvalue weighted by Gasteiger charge is 1.95. The van der Waals surface area contributed by atoms with Crippen molar-refractivity contribution in [1.29, 1.82) is 0 Å². The minimum atomic E-state index is -4.25. The fraction of sp³-hybridized carbons (Fsp3) is 0.520. The summed E-state index contributed by atoms with van der Waals surface area (Å²) >= 11 is 1.35. The molecular weight excluding hydrogens is 412 g/mol. The van der Waals surface area contributed by atoms with Crippen molar-refractivity contribution in [1.82, 2.24) is 0 Å². The highest BCUT2D eigenvalue weighted by molar-refractivity contribution is 7.85. The highest BCUT2D eigenvalue weighted by atomic mass is 32.2. The summed E-state index contributed by atoms with van der Waals surface area (Å²) in [6.45, 7) is 20.0. The molecule has 2 aromatic carbocycles. The van der Waals surface area contributed by atoms with Crippen LogP contribution in [0.3, 0.4) is 0 Å². The van der Waals surface area contributed by atoms with Gasteiger partial charge in [-0.2, -0.15) is 0 Å². The Hall–Kier alpha value is -1.30. The first-order valence-corrected chi connectivity index (χ1v) is 12.9. The third-order valence-electron chi connectivity index (χ3n) is 2.05. The molecule has 2 aromatic rings. The molecule has 3 nitrogen and oxygen atoms in total. The van der Waals surface area contributed by atoms with Gasteiger partial charge in [0, 0.05) is 11.8 Å². The molecule has 0 heterocycles. The van der Waals surface area contributed by atoms with Crippen molar-refractivity contribution in [2.75, 3.05) is 6.26 Å².